The molecule has 0 fully saturated rings. The van der Waals surface area contributed by atoms with Gasteiger partial charge in [-0.25, -0.2) is 8.78 Å². The number of hydrogen-bond donors (Lipinski definition) is 1. The molecule has 1 N–H and O–H groups in total. The molecule has 6 heteroatoms. The highest BCUT2D eigenvalue weighted by Gasteiger charge is 2.14. The zero-order valence-electron chi connectivity index (χ0n) is 9.37. The maximum atomic E-state index is 13.5. The lowest BCUT2D eigenvalue weighted by atomic mass is 10.2. The Morgan fingerprint density at radius 2 is 2.06 bits per heavy atom. The summed E-state index contributed by atoms with van der Waals surface area (Å²) in [7, 11) is 1.80. The molecule has 0 radical (unpaired) electrons. The number of rotatable bonds is 3. The molecule has 1 unspecified atom stereocenters. The van der Waals surface area contributed by atoms with Gasteiger partial charge in [0.05, 0.1) is 11.6 Å². The van der Waals surface area contributed by atoms with Gasteiger partial charge in [-0.1, -0.05) is 11.3 Å². The maximum Gasteiger partial charge on any atom is 0.150 e. The van der Waals surface area contributed by atoms with Crippen molar-refractivity contribution in [3.63, 3.8) is 0 Å². The lowest BCUT2D eigenvalue weighted by molar-refractivity contribution is 0.602. The molecule has 0 saturated carbocycles. The molecule has 1 atom stereocenters. The van der Waals surface area contributed by atoms with Crippen LogP contribution in [0.2, 0.25) is 0 Å². The highest BCUT2D eigenvalue weighted by Crippen LogP contribution is 2.28. The van der Waals surface area contributed by atoms with Gasteiger partial charge in [-0.15, -0.1) is 10.2 Å². The second kappa shape index (κ2) is 4.85. The molecule has 0 saturated heterocycles. The van der Waals surface area contributed by atoms with Crippen LogP contribution in [-0.4, -0.2) is 17.2 Å². The van der Waals surface area contributed by atoms with Crippen LogP contribution in [0.25, 0.3) is 10.6 Å². The summed E-state index contributed by atoms with van der Waals surface area (Å²) in [5.74, 6) is -0.981. The predicted octanol–water partition coefficient (Wildman–Crippen LogP) is 2.76. The van der Waals surface area contributed by atoms with Gasteiger partial charge in [0, 0.05) is 0 Å². The van der Waals surface area contributed by atoms with E-state index in [-0.39, 0.29) is 11.6 Å². The summed E-state index contributed by atoms with van der Waals surface area (Å²) in [4.78, 5) is 0. The first kappa shape index (κ1) is 12.1. The Morgan fingerprint density at radius 3 is 2.76 bits per heavy atom. The van der Waals surface area contributed by atoms with Crippen LogP contribution in [0.1, 0.15) is 18.0 Å². The number of hydrogen-bond acceptors (Lipinski definition) is 4. The van der Waals surface area contributed by atoms with E-state index in [9.17, 15) is 8.78 Å². The first-order valence-corrected chi connectivity index (χ1v) is 5.89. The number of nitrogens with one attached hydrogen (secondary N) is 1. The number of benzene rings is 1. The van der Waals surface area contributed by atoms with E-state index >= 15 is 0 Å². The van der Waals surface area contributed by atoms with Crippen LogP contribution < -0.4 is 5.32 Å². The van der Waals surface area contributed by atoms with Crippen LogP contribution in [0.5, 0.6) is 0 Å². The van der Waals surface area contributed by atoms with Gasteiger partial charge in [0.2, 0.25) is 0 Å². The van der Waals surface area contributed by atoms with Gasteiger partial charge in [-0.2, -0.15) is 0 Å². The average Bonchev–Trinajstić information content (AvgIpc) is 2.80. The minimum absolute atomic E-state index is 0.0397. The minimum Gasteiger partial charge on any atom is -0.311 e. The van der Waals surface area contributed by atoms with Gasteiger partial charge < -0.3 is 5.32 Å². The monoisotopic (exact) mass is 255 g/mol. The van der Waals surface area contributed by atoms with E-state index in [0.717, 1.165) is 23.2 Å². The summed E-state index contributed by atoms with van der Waals surface area (Å²) in [5, 5.41) is 12.0. The van der Waals surface area contributed by atoms with Crippen molar-refractivity contribution in [2.75, 3.05) is 7.05 Å². The third-order valence-corrected chi connectivity index (χ3v) is 3.54. The first-order chi connectivity index (χ1) is 8.11. The van der Waals surface area contributed by atoms with Crippen LogP contribution in [0, 0.1) is 11.6 Å². The molecule has 0 aliphatic carbocycles. The minimum atomic E-state index is -0.494. The van der Waals surface area contributed by atoms with Gasteiger partial charge in [0.25, 0.3) is 0 Å². The van der Waals surface area contributed by atoms with Crippen LogP contribution in [0.3, 0.4) is 0 Å². The Kier molecular flexibility index (Phi) is 3.44. The molecule has 0 aliphatic heterocycles. The number of halogens is 2. The fourth-order valence-corrected chi connectivity index (χ4v) is 2.23. The van der Waals surface area contributed by atoms with Gasteiger partial charge in [-0.3, -0.25) is 0 Å². The Balaban J connectivity index is 2.40. The largest absolute Gasteiger partial charge is 0.311 e. The number of nitrogens with zero attached hydrogens (tertiary/aromatic N) is 2. The van der Waals surface area contributed by atoms with Gasteiger partial charge in [-0.05, 0) is 32.2 Å². The maximum absolute atomic E-state index is 13.5. The lowest BCUT2D eigenvalue weighted by Gasteiger charge is -2.03. The molecule has 0 spiro atoms. The van der Waals surface area contributed by atoms with Gasteiger partial charge >= 0.3 is 0 Å². The van der Waals surface area contributed by atoms with Gasteiger partial charge in [0.15, 0.2) is 5.01 Å². The SMILES string of the molecule is CNC(C)c1nnc(-c2cc(F)ccc2F)s1. The Labute approximate surface area is 102 Å². The summed E-state index contributed by atoms with van der Waals surface area (Å²) in [5.41, 5.74) is 0.150. The van der Waals surface area contributed by atoms with Crippen molar-refractivity contribution in [1.82, 2.24) is 15.5 Å². The van der Waals surface area contributed by atoms with E-state index in [0.29, 0.717) is 5.01 Å². The third kappa shape index (κ3) is 2.48. The van der Waals surface area contributed by atoms with Crippen LogP contribution in [-0.2, 0) is 0 Å². The predicted molar refractivity (Wildman–Crippen MR) is 62.7 cm³/mol. The van der Waals surface area contributed by atoms with Gasteiger partial charge in [0.1, 0.15) is 16.6 Å². The molecule has 0 bridgehead atoms. The second-order valence-corrected chi connectivity index (χ2v) is 4.59. The Bertz CT molecular complexity index is 527. The lowest BCUT2D eigenvalue weighted by Crippen LogP contribution is -2.11. The molecule has 1 aromatic heterocycles. The molecular weight excluding hydrogens is 244 g/mol. The van der Waals surface area contributed by atoms with Crippen molar-refractivity contribution in [1.29, 1.82) is 0 Å². The molecule has 0 aliphatic rings. The van der Waals surface area contributed by atoms with E-state index in [2.05, 4.69) is 15.5 Å². The summed E-state index contributed by atoms with van der Waals surface area (Å²) in [6, 6.07) is 3.34. The zero-order chi connectivity index (χ0) is 12.4. The van der Waals surface area contributed by atoms with Crippen LogP contribution >= 0.6 is 11.3 Å². The summed E-state index contributed by atoms with van der Waals surface area (Å²) in [6.45, 7) is 1.92. The van der Waals surface area contributed by atoms with E-state index in [1.54, 1.807) is 7.05 Å². The normalized spacial score (nSPS) is 12.7. The molecule has 17 heavy (non-hydrogen) atoms. The molecule has 1 heterocycles. The third-order valence-electron chi connectivity index (χ3n) is 2.40. The Morgan fingerprint density at radius 1 is 1.29 bits per heavy atom. The molecule has 2 rings (SSSR count). The standard InChI is InChI=1S/C11H11F2N3S/c1-6(14-2)10-15-16-11(17-10)8-5-7(12)3-4-9(8)13/h3-6,14H,1-2H3. The quantitative estimate of drug-likeness (QED) is 0.916. The fraction of sp³-hybridized carbons (Fsp3) is 0.273. The van der Waals surface area contributed by atoms with E-state index in [1.165, 1.54) is 11.3 Å². The second-order valence-electron chi connectivity index (χ2n) is 3.58. The zero-order valence-corrected chi connectivity index (χ0v) is 10.2. The summed E-state index contributed by atoms with van der Waals surface area (Å²) >= 11 is 1.25. The van der Waals surface area contributed by atoms with E-state index < -0.39 is 11.6 Å². The molecule has 3 nitrogen and oxygen atoms in total. The molecule has 90 valence electrons. The Hall–Kier alpha value is -1.40. The van der Waals surface area contributed by atoms with Crippen molar-refractivity contribution < 1.29 is 8.78 Å². The van der Waals surface area contributed by atoms with Crippen molar-refractivity contribution in [3.8, 4) is 10.6 Å². The fourth-order valence-electron chi connectivity index (χ4n) is 1.30. The van der Waals surface area contributed by atoms with Crippen molar-refractivity contribution >= 4 is 11.3 Å². The highest BCUT2D eigenvalue weighted by atomic mass is 32.1. The molecule has 1 aromatic carbocycles. The van der Waals surface area contributed by atoms with Crippen molar-refractivity contribution in [3.05, 3.63) is 34.8 Å². The average molecular weight is 255 g/mol. The highest BCUT2D eigenvalue weighted by molar-refractivity contribution is 7.14. The molecule has 0 amide bonds. The smallest absolute Gasteiger partial charge is 0.150 e. The van der Waals surface area contributed by atoms with Crippen LogP contribution in [0.15, 0.2) is 18.2 Å². The summed E-state index contributed by atoms with van der Waals surface area (Å²) < 4.78 is 26.5. The van der Waals surface area contributed by atoms with Crippen molar-refractivity contribution in [2.45, 2.75) is 13.0 Å². The molecular formula is C11H11F2N3S. The summed E-state index contributed by atoms with van der Waals surface area (Å²) in [6.07, 6.45) is 0. The van der Waals surface area contributed by atoms with Crippen LogP contribution in [0.4, 0.5) is 8.78 Å². The van der Waals surface area contributed by atoms with Crippen molar-refractivity contribution in [2.24, 2.45) is 0 Å². The van der Waals surface area contributed by atoms with E-state index in [1.807, 2.05) is 6.92 Å². The topological polar surface area (TPSA) is 37.8 Å². The van der Waals surface area contributed by atoms with E-state index in [4.69, 9.17) is 0 Å². The molecule has 2 aromatic rings. The number of aromatic nitrogens is 2. The first-order valence-electron chi connectivity index (χ1n) is 5.08.